The van der Waals surface area contributed by atoms with Crippen LogP contribution in [0.2, 0.25) is 0 Å². The first-order valence-electron chi connectivity index (χ1n) is 5.47. The third kappa shape index (κ3) is 2.05. The number of hydrogen-bond acceptors (Lipinski definition) is 5. The maximum Gasteiger partial charge on any atom is 0.330 e. The summed E-state index contributed by atoms with van der Waals surface area (Å²) in [6, 6.07) is 0. The number of aromatic amines is 1. The van der Waals surface area contributed by atoms with E-state index in [1.807, 2.05) is 0 Å². The van der Waals surface area contributed by atoms with Crippen LogP contribution < -0.4 is 11.2 Å². The van der Waals surface area contributed by atoms with Crippen LogP contribution in [-0.4, -0.2) is 43.5 Å². The van der Waals surface area contributed by atoms with E-state index >= 15 is 0 Å². The number of halogens is 2. The third-order valence-electron chi connectivity index (χ3n) is 3.02. The highest BCUT2D eigenvalue weighted by Gasteiger charge is 2.55. The molecule has 0 aromatic carbocycles. The summed E-state index contributed by atoms with van der Waals surface area (Å²) in [5, 5.41) is 19.0. The third-order valence-corrected chi connectivity index (χ3v) is 3.54. The van der Waals surface area contributed by atoms with E-state index in [0.717, 1.165) is 0 Å². The Kier molecular flexibility index (Phi) is 3.71. The first kappa shape index (κ1) is 14.7. The molecule has 108 valence electrons. The van der Waals surface area contributed by atoms with Gasteiger partial charge in [0.25, 0.3) is 5.56 Å². The van der Waals surface area contributed by atoms with Crippen LogP contribution in [0.15, 0.2) is 15.8 Å². The minimum atomic E-state index is -1.89. The van der Waals surface area contributed by atoms with E-state index in [2.05, 4.69) is 5.92 Å². The number of nitrogens with zero attached hydrogens (tertiary/aromatic N) is 1. The molecule has 1 saturated heterocycles. The molecule has 0 spiro atoms. The molecule has 1 unspecified atom stereocenters. The zero-order valence-electron chi connectivity index (χ0n) is 9.92. The SMILES string of the molecule is C#CC1(Cl)[C@@H](O)[C@@H](CO)O[C@H]1n1cc(F)c(=O)[nH]c1=O. The van der Waals surface area contributed by atoms with Gasteiger partial charge in [-0.1, -0.05) is 17.5 Å². The summed E-state index contributed by atoms with van der Waals surface area (Å²) in [6.45, 7) is -0.603. The fourth-order valence-electron chi connectivity index (χ4n) is 1.96. The van der Waals surface area contributed by atoms with Gasteiger partial charge in [-0.15, -0.1) is 6.42 Å². The van der Waals surface area contributed by atoms with Crippen molar-refractivity contribution in [2.45, 2.75) is 23.3 Å². The van der Waals surface area contributed by atoms with Crippen molar-refractivity contribution in [3.05, 3.63) is 32.9 Å². The minimum Gasteiger partial charge on any atom is -0.394 e. The number of aliphatic hydroxyl groups excluding tert-OH is 2. The molecule has 0 aliphatic carbocycles. The number of aromatic nitrogens is 2. The van der Waals surface area contributed by atoms with Crippen molar-refractivity contribution in [2.24, 2.45) is 0 Å². The second-order valence-corrected chi connectivity index (χ2v) is 4.84. The molecule has 2 heterocycles. The Morgan fingerprint density at radius 1 is 1.65 bits per heavy atom. The van der Waals surface area contributed by atoms with Gasteiger partial charge in [0.2, 0.25) is 5.82 Å². The molecule has 0 amide bonds. The summed E-state index contributed by atoms with van der Waals surface area (Å²) in [6.07, 6.45) is 1.74. The van der Waals surface area contributed by atoms with E-state index in [0.29, 0.717) is 10.8 Å². The number of aliphatic hydroxyl groups is 2. The van der Waals surface area contributed by atoms with Gasteiger partial charge in [-0.25, -0.2) is 4.79 Å². The van der Waals surface area contributed by atoms with Crippen LogP contribution in [-0.2, 0) is 4.74 Å². The largest absolute Gasteiger partial charge is 0.394 e. The number of ether oxygens (including phenoxy) is 1. The first-order chi connectivity index (χ1) is 9.35. The van der Waals surface area contributed by atoms with Crippen LogP contribution in [0.1, 0.15) is 6.23 Å². The summed E-state index contributed by atoms with van der Waals surface area (Å²) in [5.74, 6) is 0.825. The van der Waals surface area contributed by atoms with Gasteiger partial charge in [0, 0.05) is 0 Å². The maximum absolute atomic E-state index is 13.3. The van der Waals surface area contributed by atoms with Crippen LogP contribution in [0.5, 0.6) is 0 Å². The quantitative estimate of drug-likeness (QED) is 0.457. The highest BCUT2D eigenvalue weighted by molar-refractivity contribution is 6.27. The van der Waals surface area contributed by atoms with E-state index in [9.17, 15) is 19.1 Å². The number of terminal acetylenes is 1. The van der Waals surface area contributed by atoms with Crippen molar-refractivity contribution >= 4 is 11.6 Å². The van der Waals surface area contributed by atoms with E-state index in [4.69, 9.17) is 27.9 Å². The lowest BCUT2D eigenvalue weighted by Crippen LogP contribution is -2.44. The molecule has 2 rings (SSSR count). The highest BCUT2D eigenvalue weighted by Crippen LogP contribution is 2.42. The lowest BCUT2D eigenvalue weighted by molar-refractivity contribution is -0.0467. The normalized spacial score (nSPS) is 33.0. The topological polar surface area (TPSA) is 105 Å². The molecule has 4 atom stereocenters. The summed E-state index contributed by atoms with van der Waals surface area (Å²) >= 11 is 6.05. The molecule has 1 aliphatic heterocycles. The molecule has 0 radical (unpaired) electrons. The molecule has 1 aromatic rings. The Hall–Kier alpha value is -1.66. The Morgan fingerprint density at radius 3 is 2.85 bits per heavy atom. The second kappa shape index (κ2) is 5.03. The van der Waals surface area contributed by atoms with E-state index in [1.165, 1.54) is 0 Å². The molecule has 1 fully saturated rings. The van der Waals surface area contributed by atoms with Crippen molar-refractivity contribution in [1.29, 1.82) is 0 Å². The molecule has 20 heavy (non-hydrogen) atoms. The minimum absolute atomic E-state index is 0.576. The van der Waals surface area contributed by atoms with E-state index in [1.54, 1.807) is 4.98 Å². The number of H-pyrrole nitrogens is 1. The predicted octanol–water partition coefficient (Wildman–Crippen LogP) is -1.46. The van der Waals surface area contributed by atoms with Gasteiger partial charge in [-0.05, 0) is 0 Å². The van der Waals surface area contributed by atoms with Crippen LogP contribution in [0, 0.1) is 18.2 Å². The lowest BCUT2D eigenvalue weighted by atomic mass is 9.99. The van der Waals surface area contributed by atoms with Crippen molar-refractivity contribution < 1.29 is 19.3 Å². The van der Waals surface area contributed by atoms with Gasteiger partial charge in [0.05, 0.1) is 12.8 Å². The van der Waals surface area contributed by atoms with Crippen molar-refractivity contribution in [2.75, 3.05) is 6.61 Å². The monoisotopic (exact) mass is 304 g/mol. The van der Waals surface area contributed by atoms with Gasteiger partial charge >= 0.3 is 5.69 Å². The van der Waals surface area contributed by atoms with Crippen molar-refractivity contribution in [1.82, 2.24) is 9.55 Å². The van der Waals surface area contributed by atoms with Gasteiger partial charge < -0.3 is 14.9 Å². The summed E-state index contributed by atoms with van der Waals surface area (Å²) in [7, 11) is 0. The second-order valence-electron chi connectivity index (χ2n) is 4.21. The molecule has 3 N–H and O–H groups in total. The Bertz CT molecular complexity index is 681. The fourth-order valence-corrected chi connectivity index (χ4v) is 2.26. The smallest absolute Gasteiger partial charge is 0.330 e. The standard InChI is InChI=1S/C11H10ClFN2O5/c1-2-11(12)7(17)6(4-16)20-9(11)15-3-5(13)8(18)14-10(15)19/h1,3,6-7,9,16-17H,4H2,(H,14,18,19)/t6-,7+,9-,11?/m1/s1. The molecular weight excluding hydrogens is 295 g/mol. The highest BCUT2D eigenvalue weighted by atomic mass is 35.5. The summed E-state index contributed by atoms with van der Waals surface area (Å²) in [4.78, 5) is 22.5. The van der Waals surface area contributed by atoms with E-state index < -0.39 is 47.0 Å². The molecule has 7 nitrogen and oxygen atoms in total. The maximum atomic E-state index is 13.3. The summed E-state index contributed by atoms with van der Waals surface area (Å²) in [5.41, 5.74) is -2.21. The Morgan fingerprint density at radius 2 is 2.30 bits per heavy atom. The zero-order valence-corrected chi connectivity index (χ0v) is 10.7. The average Bonchev–Trinajstić information content (AvgIpc) is 2.67. The Balaban J connectivity index is 2.58. The zero-order chi connectivity index (χ0) is 15.1. The van der Waals surface area contributed by atoms with E-state index in [-0.39, 0.29) is 0 Å². The van der Waals surface area contributed by atoms with Crippen molar-refractivity contribution in [3.63, 3.8) is 0 Å². The molecule has 1 aliphatic rings. The molecule has 0 saturated carbocycles. The molecule has 0 bridgehead atoms. The lowest BCUT2D eigenvalue weighted by Gasteiger charge is -2.25. The fraction of sp³-hybridized carbons (Fsp3) is 0.455. The number of hydrogen-bond donors (Lipinski definition) is 3. The number of alkyl halides is 1. The number of nitrogens with one attached hydrogen (secondary N) is 1. The van der Waals surface area contributed by atoms with Crippen LogP contribution >= 0.6 is 11.6 Å². The van der Waals surface area contributed by atoms with Gasteiger partial charge in [-0.3, -0.25) is 14.3 Å². The number of rotatable bonds is 2. The first-order valence-corrected chi connectivity index (χ1v) is 5.85. The average molecular weight is 305 g/mol. The van der Waals surface area contributed by atoms with Crippen LogP contribution in [0.3, 0.4) is 0 Å². The van der Waals surface area contributed by atoms with Gasteiger partial charge in [0.15, 0.2) is 11.1 Å². The van der Waals surface area contributed by atoms with Crippen LogP contribution in [0.25, 0.3) is 0 Å². The molecular formula is C11H10ClFN2O5. The van der Waals surface area contributed by atoms with Gasteiger partial charge in [0.1, 0.15) is 12.2 Å². The van der Waals surface area contributed by atoms with Crippen LogP contribution in [0.4, 0.5) is 4.39 Å². The van der Waals surface area contributed by atoms with Gasteiger partial charge in [-0.2, -0.15) is 4.39 Å². The predicted molar refractivity (Wildman–Crippen MR) is 65.7 cm³/mol. The molecule has 1 aromatic heterocycles. The van der Waals surface area contributed by atoms with Crippen molar-refractivity contribution in [3.8, 4) is 12.3 Å². The molecule has 9 heteroatoms. The Labute approximate surface area is 116 Å². The summed E-state index contributed by atoms with van der Waals surface area (Å²) < 4.78 is 19.1.